The fraction of sp³-hybridized carbons (Fsp3) is 0.421. The third-order valence-electron chi connectivity index (χ3n) is 4.69. The zero-order valence-corrected chi connectivity index (χ0v) is 18.6. The highest BCUT2D eigenvalue weighted by Gasteiger charge is 2.27. The maximum absolute atomic E-state index is 14.0. The lowest BCUT2D eigenvalue weighted by molar-refractivity contribution is 0.575. The Bertz CT molecular complexity index is 734. The van der Waals surface area contributed by atoms with Crippen LogP contribution >= 0.6 is 35.3 Å². The third kappa shape index (κ3) is 5.54. The zero-order chi connectivity index (χ0) is 18.5. The molecule has 3 rings (SSSR count). The van der Waals surface area contributed by atoms with Gasteiger partial charge >= 0.3 is 0 Å². The summed E-state index contributed by atoms with van der Waals surface area (Å²) >= 11 is 1.69. The molecule has 2 aromatic rings. The number of hydrogen-bond donors (Lipinski definition) is 2. The van der Waals surface area contributed by atoms with Gasteiger partial charge in [0.1, 0.15) is 17.3 Å². The molecule has 2 N–H and O–H groups in total. The van der Waals surface area contributed by atoms with Gasteiger partial charge in [0.2, 0.25) is 0 Å². The number of halogens is 3. The van der Waals surface area contributed by atoms with E-state index in [2.05, 4.69) is 39.4 Å². The van der Waals surface area contributed by atoms with Crippen LogP contribution in [0.15, 0.2) is 40.0 Å². The Kier molecular flexibility index (Phi) is 8.28. The molecule has 2 atom stereocenters. The van der Waals surface area contributed by atoms with Gasteiger partial charge in [-0.2, -0.15) is 11.3 Å². The summed E-state index contributed by atoms with van der Waals surface area (Å²) in [5.74, 6) is 0.0656. The van der Waals surface area contributed by atoms with Crippen molar-refractivity contribution in [3.63, 3.8) is 0 Å². The highest BCUT2D eigenvalue weighted by molar-refractivity contribution is 14.0. The van der Waals surface area contributed by atoms with E-state index in [0.29, 0.717) is 25.0 Å². The molecule has 1 fully saturated rings. The van der Waals surface area contributed by atoms with Crippen molar-refractivity contribution in [3.05, 3.63) is 52.2 Å². The molecule has 0 bridgehead atoms. The Morgan fingerprint density at radius 2 is 2.07 bits per heavy atom. The van der Waals surface area contributed by atoms with Crippen LogP contribution in [-0.2, 0) is 0 Å². The Balaban J connectivity index is 0.00000261. The van der Waals surface area contributed by atoms with E-state index in [1.807, 2.05) is 0 Å². The van der Waals surface area contributed by atoms with E-state index in [1.54, 1.807) is 23.3 Å². The smallest absolute Gasteiger partial charge is 0.191 e. The van der Waals surface area contributed by atoms with Crippen molar-refractivity contribution in [1.29, 1.82) is 0 Å². The lowest BCUT2D eigenvalue weighted by Crippen LogP contribution is -2.45. The number of nitrogens with one attached hydrogen (secondary N) is 2. The van der Waals surface area contributed by atoms with Crippen LogP contribution in [0.3, 0.4) is 0 Å². The molecular weight excluding hydrogens is 481 g/mol. The average molecular weight is 506 g/mol. The van der Waals surface area contributed by atoms with Gasteiger partial charge in [0.25, 0.3) is 0 Å². The standard InChI is InChI=1S/C19H24F2N4S.HI/c1-13(14-7-9-26-12-14)10-23-19(22-2)24-15-6-8-25(11-15)18-16(20)4-3-5-17(18)21;/h3-5,7,9,12-13,15H,6,8,10-11H2,1-2H3,(H2,22,23,24);1H. The van der Waals surface area contributed by atoms with Crippen molar-refractivity contribution in [2.24, 2.45) is 4.99 Å². The van der Waals surface area contributed by atoms with Gasteiger partial charge < -0.3 is 15.5 Å². The number of benzene rings is 1. The fourth-order valence-corrected chi connectivity index (χ4v) is 3.97. The maximum Gasteiger partial charge on any atom is 0.191 e. The monoisotopic (exact) mass is 506 g/mol. The van der Waals surface area contributed by atoms with Gasteiger partial charge in [0.05, 0.1) is 0 Å². The Hall–Kier alpha value is -1.42. The topological polar surface area (TPSA) is 39.7 Å². The summed E-state index contributed by atoms with van der Waals surface area (Å²) < 4.78 is 27.9. The maximum atomic E-state index is 14.0. The van der Waals surface area contributed by atoms with Crippen LogP contribution in [0.4, 0.5) is 14.5 Å². The summed E-state index contributed by atoms with van der Waals surface area (Å²) in [5.41, 5.74) is 1.37. The molecule has 1 aromatic heterocycles. The first-order valence-electron chi connectivity index (χ1n) is 8.76. The number of aliphatic imine (C=N–C) groups is 1. The average Bonchev–Trinajstić information content (AvgIpc) is 3.30. The molecule has 2 heterocycles. The second kappa shape index (κ2) is 10.2. The van der Waals surface area contributed by atoms with E-state index in [0.717, 1.165) is 13.0 Å². The fourth-order valence-electron chi connectivity index (χ4n) is 3.18. The molecule has 1 saturated heterocycles. The Morgan fingerprint density at radius 1 is 1.33 bits per heavy atom. The molecule has 1 aliphatic rings. The first-order chi connectivity index (χ1) is 12.6. The van der Waals surface area contributed by atoms with Crippen LogP contribution in [0.2, 0.25) is 0 Å². The van der Waals surface area contributed by atoms with E-state index in [1.165, 1.54) is 23.8 Å². The second-order valence-corrected chi connectivity index (χ2v) is 7.34. The highest BCUT2D eigenvalue weighted by Crippen LogP contribution is 2.26. The predicted octanol–water partition coefficient (Wildman–Crippen LogP) is 4.19. The molecule has 0 aliphatic carbocycles. The molecule has 148 valence electrons. The van der Waals surface area contributed by atoms with Crippen LogP contribution in [-0.4, -0.2) is 38.7 Å². The summed E-state index contributed by atoms with van der Waals surface area (Å²) in [6, 6.07) is 6.21. The van der Waals surface area contributed by atoms with Crippen LogP contribution in [0, 0.1) is 11.6 Å². The molecule has 8 heteroatoms. The van der Waals surface area contributed by atoms with Crippen molar-refractivity contribution in [3.8, 4) is 0 Å². The summed E-state index contributed by atoms with van der Waals surface area (Å²) in [5, 5.41) is 10.9. The van der Waals surface area contributed by atoms with Gasteiger partial charge in [-0.05, 0) is 46.9 Å². The van der Waals surface area contributed by atoms with Gasteiger partial charge in [0.15, 0.2) is 5.96 Å². The number of anilines is 1. The first kappa shape index (κ1) is 21.9. The van der Waals surface area contributed by atoms with Crippen molar-refractivity contribution in [1.82, 2.24) is 10.6 Å². The second-order valence-electron chi connectivity index (χ2n) is 6.56. The third-order valence-corrected chi connectivity index (χ3v) is 5.40. The number of thiophene rings is 1. The molecule has 2 unspecified atom stereocenters. The lowest BCUT2D eigenvalue weighted by Gasteiger charge is -2.22. The van der Waals surface area contributed by atoms with Gasteiger partial charge in [-0.3, -0.25) is 4.99 Å². The summed E-state index contributed by atoms with van der Waals surface area (Å²) in [4.78, 5) is 6.02. The van der Waals surface area contributed by atoms with Crippen molar-refractivity contribution >= 4 is 47.0 Å². The summed E-state index contributed by atoms with van der Waals surface area (Å²) in [6.45, 7) is 4.09. The number of guanidine groups is 1. The van der Waals surface area contributed by atoms with E-state index >= 15 is 0 Å². The van der Waals surface area contributed by atoms with Crippen LogP contribution < -0.4 is 15.5 Å². The number of nitrogens with zero attached hydrogens (tertiary/aromatic N) is 2. The molecule has 27 heavy (non-hydrogen) atoms. The lowest BCUT2D eigenvalue weighted by atomic mass is 10.1. The van der Waals surface area contributed by atoms with E-state index in [4.69, 9.17) is 0 Å². The van der Waals surface area contributed by atoms with Crippen molar-refractivity contribution in [2.75, 3.05) is 31.6 Å². The molecule has 1 aromatic carbocycles. The van der Waals surface area contributed by atoms with Crippen molar-refractivity contribution in [2.45, 2.75) is 25.3 Å². The van der Waals surface area contributed by atoms with E-state index in [-0.39, 0.29) is 35.7 Å². The quantitative estimate of drug-likeness (QED) is 0.363. The molecular formula is C19H25F2IN4S. The number of rotatable bonds is 5. The van der Waals surface area contributed by atoms with Gasteiger partial charge in [0, 0.05) is 32.7 Å². The molecule has 0 amide bonds. The van der Waals surface area contributed by atoms with Crippen LogP contribution in [0.5, 0.6) is 0 Å². The minimum absolute atomic E-state index is 0. The minimum atomic E-state index is -0.516. The number of hydrogen-bond acceptors (Lipinski definition) is 3. The molecule has 0 saturated carbocycles. The van der Waals surface area contributed by atoms with Crippen LogP contribution in [0.25, 0.3) is 0 Å². The Morgan fingerprint density at radius 3 is 2.70 bits per heavy atom. The number of para-hydroxylation sites is 1. The highest BCUT2D eigenvalue weighted by atomic mass is 127. The minimum Gasteiger partial charge on any atom is -0.365 e. The molecule has 0 spiro atoms. The zero-order valence-electron chi connectivity index (χ0n) is 15.4. The SMILES string of the molecule is CN=C(NCC(C)c1ccsc1)NC1CCN(c2c(F)cccc2F)C1.I. The predicted molar refractivity (Wildman–Crippen MR) is 120 cm³/mol. The van der Waals surface area contributed by atoms with Gasteiger partial charge in [-0.15, -0.1) is 24.0 Å². The summed E-state index contributed by atoms with van der Waals surface area (Å²) in [7, 11) is 1.73. The van der Waals surface area contributed by atoms with E-state index < -0.39 is 11.6 Å². The largest absolute Gasteiger partial charge is 0.365 e. The molecule has 1 aliphatic heterocycles. The molecule has 0 radical (unpaired) electrons. The van der Waals surface area contributed by atoms with E-state index in [9.17, 15) is 8.78 Å². The molecule has 4 nitrogen and oxygen atoms in total. The first-order valence-corrected chi connectivity index (χ1v) is 9.71. The van der Waals surface area contributed by atoms with Gasteiger partial charge in [-0.1, -0.05) is 13.0 Å². The normalized spacial score (nSPS) is 18.1. The van der Waals surface area contributed by atoms with Crippen LogP contribution in [0.1, 0.15) is 24.8 Å². The van der Waals surface area contributed by atoms with Crippen molar-refractivity contribution < 1.29 is 8.78 Å². The summed E-state index contributed by atoms with van der Waals surface area (Å²) in [6.07, 6.45) is 0.800. The Labute approximate surface area is 180 Å². The van der Waals surface area contributed by atoms with Gasteiger partial charge in [-0.25, -0.2) is 8.78 Å².